The highest BCUT2D eigenvalue weighted by molar-refractivity contribution is 5.32. The van der Waals surface area contributed by atoms with Crippen LogP contribution >= 0.6 is 0 Å². The molecule has 0 radical (unpaired) electrons. The number of hydrogen-bond donors (Lipinski definition) is 0. The van der Waals surface area contributed by atoms with Crippen LogP contribution in [0.3, 0.4) is 0 Å². The number of nitrogens with zero attached hydrogens (tertiary/aromatic N) is 4. The second-order valence-electron chi connectivity index (χ2n) is 6.48. The SMILES string of the molecule is O=[N+]([O-])c1ccc(CN2CCN(Cc3cccnc3C(F)(F)F)CC2)cc1. The Balaban J connectivity index is 1.54. The van der Waals surface area contributed by atoms with E-state index < -0.39 is 16.8 Å². The molecule has 0 atom stereocenters. The van der Waals surface area contributed by atoms with E-state index in [0.29, 0.717) is 19.6 Å². The Bertz CT molecular complexity index is 788. The number of rotatable bonds is 5. The van der Waals surface area contributed by atoms with Crippen molar-refractivity contribution in [3.05, 3.63) is 69.5 Å². The molecule has 1 aromatic heterocycles. The van der Waals surface area contributed by atoms with Gasteiger partial charge in [0, 0.05) is 57.6 Å². The van der Waals surface area contributed by atoms with E-state index in [2.05, 4.69) is 9.88 Å². The number of piperazine rings is 1. The van der Waals surface area contributed by atoms with Crippen molar-refractivity contribution in [2.45, 2.75) is 19.3 Å². The molecule has 2 aromatic rings. The van der Waals surface area contributed by atoms with Crippen molar-refractivity contribution in [3.8, 4) is 0 Å². The van der Waals surface area contributed by atoms with E-state index in [0.717, 1.165) is 24.8 Å². The van der Waals surface area contributed by atoms with Gasteiger partial charge in [-0.2, -0.15) is 13.2 Å². The van der Waals surface area contributed by atoms with E-state index in [-0.39, 0.29) is 17.8 Å². The van der Waals surface area contributed by atoms with Crippen LogP contribution in [-0.2, 0) is 19.3 Å². The van der Waals surface area contributed by atoms with Crippen molar-refractivity contribution in [3.63, 3.8) is 0 Å². The summed E-state index contributed by atoms with van der Waals surface area (Å²) in [5.74, 6) is 0. The van der Waals surface area contributed by atoms with Crippen LogP contribution in [0.1, 0.15) is 16.8 Å². The Morgan fingerprint density at radius 3 is 2.15 bits per heavy atom. The first-order chi connectivity index (χ1) is 12.8. The molecule has 144 valence electrons. The number of aromatic nitrogens is 1. The zero-order chi connectivity index (χ0) is 19.4. The number of benzene rings is 1. The monoisotopic (exact) mass is 380 g/mol. The van der Waals surface area contributed by atoms with Gasteiger partial charge in [-0.3, -0.25) is 24.9 Å². The predicted molar refractivity (Wildman–Crippen MR) is 92.9 cm³/mol. The molecule has 1 aliphatic heterocycles. The van der Waals surface area contributed by atoms with Gasteiger partial charge >= 0.3 is 6.18 Å². The molecule has 3 rings (SSSR count). The van der Waals surface area contributed by atoms with Gasteiger partial charge in [0.1, 0.15) is 5.69 Å². The summed E-state index contributed by atoms with van der Waals surface area (Å²) in [6.07, 6.45) is -3.29. The molecular weight excluding hydrogens is 361 g/mol. The highest BCUT2D eigenvalue weighted by Crippen LogP contribution is 2.30. The van der Waals surface area contributed by atoms with Crippen molar-refractivity contribution in [2.75, 3.05) is 26.2 Å². The summed E-state index contributed by atoms with van der Waals surface area (Å²) in [5, 5.41) is 10.7. The van der Waals surface area contributed by atoms with E-state index in [1.807, 2.05) is 4.90 Å². The van der Waals surface area contributed by atoms with Crippen LogP contribution in [0.15, 0.2) is 42.6 Å². The fraction of sp³-hybridized carbons (Fsp3) is 0.389. The van der Waals surface area contributed by atoms with E-state index in [4.69, 9.17) is 0 Å². The topological polar surface area (TPSA) is 62.5 Å². The lowest BCUT2D eigenvalue weighted by Gasteiger charge is -2.35. The quantitative estimate of drug-likeness (QED) is 0.588. The number of hydrogen-bond acceptors (Lipinski definition) is 5. The molecule has 0 amide bonds. The molecule has 1 aromatic carbocycles. The molecule has 27 heavy (non-hydrogen) atoms. The fourth-order valence-electron chi connectivity index (χ4n) is 3.15. The van der Waals surface area contributed by atoms with E-state index in [1.54, 1.807) is 12.1 Å². The number of halogens is 3. The highest BCUT2D eigenvalue weighted by Gasteiger charge is 2.35. The lowest BCUT2D eigenvalue weighted by Crippen LogP contribution is -2.45. The minimum absolute atomic E-state index is 0.0560. The Hall–Kier alpha value is -2.52. The second kappa shape index (κ2) is 8.01. The van der Waals surface area contributed by atoms with Gasteiger partial charge in [0.25, 0.3) is 5.69 Å². The van der Waals surface area contributed by atoms with E-state index >= 15 is 0 Å². The van der Waals surface area contributed by atoms with E-state index in [1.165, 1.54) is 24.3 Å². The van der Waals surface area contributed by atoms with Crippen LogP contribution in [0.4, 0.5) is 18.9 Å². The molecule has 0 spiro atoms. The summed E-state index contributed by atoms with van der Waals surface area (Å²) in [5.41, 5.74) is 0.397. The van der Waals surface area contributed by atoms with Crippen molar-refractivity contribution in [1.82, 2.24) is 14.8 Å². The minimum atomic E-state index is -4.45. The average Bonchev–Trinajstić information content (AvgIpc) is 2.63. The number of pyridine rings is 1. The Morgan fingerprint density at radius 1 is 1.00 bits per heavy atom. The molecule has 2 heterocycles. The average molecular weight is 380 g/mol. The number of non-ortho nitro benzene ring substituents is 1. The number of nitro benzene ring substituents is 1. The van der Waals surface area contributed by atoms with Gasteiger partial charge in [-0.15, -0.1) is 0 Å². The summed E-state index contributed by atoms with van der Waals surface area (Å²) in [6.45, 7) is 3.62. The zero-order valence-corrected chi connectivity index (χ0v) is 14.5. The van der Waals surface area contributed by atoms with Crippen LogP contribution in [0.5, 0.6) is 0 Å². The molecule has 1 saturated heterocycles. The third-order valence-electron chi connectivity index (χ3n) is 4.57. The normalized spacial score (nSPS) is 16.4. The largest absolute Gasteiger partial charge is 0.433 e. The van der Waals surface area contributed by atoms with Gasteiger partial charge in [-0.25, -0.2) is 0 Å². The van der Waals surface area contributed by atoms with Gasteiger partial charge < -0.3 is 0 Å². The highest BCUT2D eigenvalue weighted by atomic mass is 19.4. The van der Waals surface area contributed by atoms with Gasteiger partial charge in [0.05, 0.1) is 4.92 Å². The summed E-state index contributed by atoms with van der Waals surface area (Å²) in [6, 6.07) is 9.42. The second-order valence-corrected chi connectivity index (χ2v) is 6.48. The Labute approximate surface area is 154 Å². The Morgan fingerprint density at radius 2 is 1.59 bits per heavy atom. The van der Waals surface area contributed by atoms with Gasteiger partial charge in [-0.05, 0) is 17.2 Å². The summed E-state index contributed by atoms with van der Waals surface area (Å²) in [7, 11) is 0. The predicted octanol–water partition coefficient (Wildman–Crippen LogP) is 3.33. The lowest BCUT2D eigenvalue weighted by molar-refractivity contribution is -0.384. The number of nitro groups is 1. The Kier molecular flexibility index (Phi) is 5.71. The molecule has 0 saturated carbocycles. The van der Waals surface area contributed by atoms with Crippen LogP contribution in [0, 0.1) is 10.1 Å². The first-order valence-corrected chi connectivity index (χ1v) is 8.52. The van der Waals surface area contributed by atoms with Gasteiger partial charge in [0.15, 0.2) is 0 Å². The van der Waals surface area contributed by atoms with Crippen molar-refractivity contribution >= 4 is 5.69 Å². The van der Waals surface area contributed by atoms with Gasteiger partial charge in [0.2, 0.25) is 0 Å². The zero-order valence-electron chi connectivity index (χ0n) is 14.5. The lowest BCUT2D eigenvalue weighted by atomic mass is 10.1. The molecule has 1 fully saturated rings. The molecule has 0 N–H and O–H groups in total. The first-order valence-electron chi connectivity index (χ1n) is 8.52. The fourth-order valence-corrected chi connectivity index (χ4v) is 3.15. The maximum absolute atomic E-state index is 13.1. The maximum atomic E-state index is 13.1. The van der Waals surface area contributed by atoms with Crippen molar-refractivity contribution in [2.24, 2.45) is 0 Å². The smallest absolute Gasteiger partial charge is 0.297 e. The third kappa shape index (κ3) is 5.01. The standard InChI is InChI=1S/C18H19F3N4O2/c19-18(20,21)17-15(2-1-7-22-17)13-24-10-8-23(9-11-24)12-14-3-5-16(6-4-14)25(26)27/h1-7H,8-13H2. The molecule has 6 nitrogen and oxygen atoms in total. The maximum Gasteiger partial charge on any atom is 0.433 e. The van der Waals surface area contributed by atoms with Gasteiger partial charge in [-0.1, -0.05) is 18.2 Å². The van der Waals surface area contributed by atoms with Crippen LogP contribution in [-0.4, -0.2) is 45.9 Å². The molecule has 0 aliphatic carbocycles. The molecule has 0 unspecified atom stereocenters. The molecular formula is C18H19F3N4O2. The number of alkyl halides is 3. The third-order valence-corrected chi connectivity index (χ3v) is 4.57. The van der Waals surface area contributed by atoms with Crippen LogP contribution in [0.2, 0.25) is 0 Å². The van der Waals surface area contributed by atoms with Crippen molar-refractivity contribution < 1.29 is 18.1 Å². The first kappa shape index (κ1) is 19.2. The minimum Gasteiger partial charge on any atom is -0.297 e. The van der Waals surface area contributed by atoms with Crippen LogP contribution in [0.25, 0.3) is 0 Å². The van der Waals surface area contributed by atoms with E-state index in [9.17, 15) is 23.3 Å². The molecule has 0 bridgehead atoms. The van der Waals surface area contributed by atoms with Crippen molar-refractivity contribution in [1.29, 1.82) is 0 Å². The molecule has 9 heteroatoms. The summed E-state index contributed by atoms with van der Waals surface area (Å²) in [4.78, 5) is 17.9. The summed E-state index contributed by atoms with van der Waals surface area (Å²) < 4.78 is 39.2. The molecule has 1 aliphatic rings. The summed E-state index contributed by atoms with van der Waals surface area (Å²) >= 11 is 0. The van der Waals surface area contributed by atoms with Crippen LogP contribution < -0.4 is 0 Å².